The first-order valence-corrected chi connectivity index (χ1v) is 11.5. The Kier molecular flexibility index (Phi) is 5.75. The summed E-state index contributed by atoms with van der Waals surface area (Å²) in [6, 6.07) is 19.4. The molecule has 0 saturated carbocycles. The van der Waals surface area contributed by atoms with Crippen LogP contribution in [0.2, 0.25) is 5.02 Å². The topological polar surface area (TPSA) is 81.1 Å². The number of halogens is 1. The zero-order valence-corrected chi connectivity index (χ0v) is 19.1. The minimum Gasteiger partial charge on any atom is -0.508 e. The molecule has 0 spiro atoms. The number of phenols is 1. The molecule has 2 N–H and O–H groups in total. The number of aliphatic hydroxyl groups is 1. The van der Waals surface area contributed by atoms with Crippen LogP contribution in [0.4, 0.5) is 11.4 Å². The van der Waals surface area contributed by atoms with Gasteiger partial charge in [-0.05, 0) is 79.1 Å². The van der Waals surface area contributed by atoms with Gasteiger partial charge in [0.1, 0.15) is 11.5 Å². The maximum absolute atomic E-state index is 13.2. The lowest BCUT2D eigenvalue weighted by molar-refractivity contribution is -0.132. The van der Waals surface area contributed by atoms with Crippen LogP contribution in [0.15, 0.2) is 78.4 Å². The molecule has 172 valence electrons. The second-order valence-electron chi connectivity index (χ2n) is 8.48. The molecule has 2 aliphatic rings. The molecular formula is C27H23ClN2O4. The van der Waals surface area contributed by atoms with Crippen molar-refractivity contribution in [3.63, 3.8) is 0 Å². The van der Waals surface area contributed by atoms with E-state index in [1.807, 2.05) is 24.3 Å². The lowest BCUT2D eigenvalue weighted by Crippen LogP contribution is -2.29. The Labute approximate surface area is 202 Å². The van der Waals surface area contributed by atoms with Crippen LogP contribution in [0.5, 0.6) is 5.75 Å². The summed E-state index contributed by atoms with van der Waals surface area (Å²) < 4.78 is 0. The molecule has 0 radical (unpaired) electrons. The van der Waals surface area contributed by atoms with Gasteiger partial charge in [0.15, 0.2) is 0 Å². The molecule has 2 fully saturated rings. The highest BCUT2D eigenvalue weighted by atomic mass is 35.5. The number of aliphatic hydroxyl groups excluding tert-OH is 1. The number of anilines is 2. The maximum atomic E-state index is 13.2. The third-order valence-corrected chi connectivity index (χ3v) is 6.62. The third-order valence-electron chi connectivity index (χ3n) is 6.37. The Hall–Kier alpha value is -3.77. The van der Waals surface area contributed by atoms with E-state index >= 15 is 0 Å². The van der Waals surface area contributed by atoms with Gasteiger partial charge in [0.05, 0.1) is 11.6 Å². The molecule has 0 bridgehead atoms. The number of hydrogen-bond acceptors (Lipinski definition) is 5. The maximum Gasteiger partial charge on any atom is 0.300 e. The summed E-state index contributed by atoms with van der Waals surface area (Å²) in [7, 11) is 0. The predicted octanol–water partition coefficient (Wildman–Crippen LogP) is 5.27. The highest BCUT2D eigenvalue weighted by Gasteiger charge is 2.47. The molecular weight excluding hydrogens is 452 g/mol. The first-order valence-electron chi connectivity index (χ1n) is 11.1. The summed E-state index contributed by atoms with van der Waals surface area (Å²) >= 11 is 5.98. The molecule has 2 heterocycles. The van der Waals surface area contributed by atoms with Gasteiger partial charge in [-0.25, -0.2) is 0 Å². The molecule has 0 aliphatic carbocycles. The third kappa shape index (κ3) is 3.90. The number of rotatable bonds is 4. The second kappa shape index (κ2) is 8.88. The van der Waals surface area contributed by atoms with Crippen LogP contribution in [0.3, 0.4) is 0 Å². The number of ketones is 1. The van der Waals surface area contributed by atoms with Crippen molar-refractivity contribution < 1.29 is 19.8 Å². The van der Waals surface area contributed by atoms with Crippen molar-refractivity contribution in [3.05, 3.63) is 94.5 Å². The predicted molar refractivity (Wildman–Crippen MR) is 132 cm³/mol. The Bertz CT molecular complexity index is 1260. The molecule has 2 saturated heterocycles. The second-order valence-corrected chi connectivity index (χ2v) is 8.91. The fraction of sp³-hybridized carbons (Fsp3) is 0.185. The van der Waals surface area contributed by atoms with E-state index < -0.39 is 17.7 Å². The van der Waals surface area contributed by atoms with Gasteiger partial charge in [-0.15, -0.1) is 0 Å². The van der Waals surface area contributed by atoms with Crippen molar-refractivity contribution >= 4 is 40.4 Å². The van der Waals surface area contributed by atoms with E-state index in [0.717, 1.165) is 31.6 Å². The minimum absolute atomic E-state index is 0.0124. The summed E-state index contributed by atoms with van der Waals surface area (Å²) in [5.41, 5.74) is 2.59. The standard InChI is InChI=1S/C27H23ClN2O4/c28-19-7-3-18(4-8-19)25(32)23-24(17-5-13-22(31)14-6-17)30(27(34)26(23)33)21-11-9-20(10-12-21)29-15-1-2-16-29/h3-14,24,31-32H,1-2,15-16H2/b25-23+. The number of hydrogen-bond donors (Lipinski definition) is 2. The van der Waals surface area contributed by atoms with Gasteiger partial charge in [-0.3, -0.25) is 14.5 Å². The van der Waals surface area contributed by atoms with E-state index in [0.29, 0.717) is 21.8 Å². The van der Waals surface area contributed by atoms with Crippen LogP contribution >= 0.6 is 11.6 Å². The molecule has 6 nitrogen and oxygen atoms in total. The molecule has 34 heavy (non-hydrogen) atoms. The average molecular weight is 475 g/mol. The fourth-order valence-corrected chi connectivity index (χ4v) is 4.76. The first kappa shape index (κ1) is 22.0. The molecule has 1 amide bonds. The number of carbonyl (C=O) groups excluding carboxylic acids is 2. The van der Waals surface area contributed by atoms with E-state index in [4.69, 9.17) is 11.6 Å². The van der Waals surface area contributed by atoms with Crippen LogP contribution in [0.25, 0.3) is 5.76 Å². The SMILES string of the molecule is O=C1C(=O)N(c2ccc(N3CCCC3)cc2)C(c2ccc(O)cc2)/C1=C(\O)c1ccc(Cl)cc1. The molecule has 3 aromatic rings. The summed E-state index contributed by atoms with van der Waals surface area (Å²) in [4.78, 5) is 30.1. The van der Waals surface area contributed by atoms with Gasteiger partial charge in [0.2, 0.25) is 0 Å². The monoisotopic (exact) mass is 474 g/mol. The van der Waals surface area contributed by atoms with Crippen LogP contribution in [-0.4, -0.2) is 35.0 Å². The number of nitrogens with zero attached hydrogens (tertiary/aromatic N) is 2. The fourth-order valence-electron chi connectivity index (χ4n) is 4.63. The van der Waals surface area contributed by atoms with Crippen molar-refractivity contribution in [3.8, 4) is 5.75 Å². The van der Waals surface area contributed by atoms with Crippen LogP contribution < -0.4 is 9.80 Å². The molecule has 1 atom stereocenters. The molecule has 1 unspecified atom stereocenters. The number of benzene rings is 3. The van der Waals surface area contributed by atoms with Crippen molar-refractivity contribution in [2.24, 2.45) is 0 Å². The minimum atomic E-state index is -0.853. The average Bonchev–Trinajstić information content (AvgIpc) is 3.47. The largest absolute Gasteiger partial charge is 0.508 e. The van der Waals surface area contributed by atoms with E-state index in [1.165, 1.54) is 17.0 Å². The Balaban J connectivity index is 1.62. The first-order chi connectivity index (χ1) is 16.4. The number of amides is 1. The van der Waals surface area contributed by atoms with Crippen molar-refractivity contribution in [2.45, 2.75) is 18.9 Å². The lowest BCUT2D eigenvalue weighted by atomic mass is 9.95. The van der Waals surface area contributed by atoms with Gasteiger partial charge in [0.25, 0.3) is 11.7 Å². The van der Waals surface area contributed by atoms with E-state index in [-0.39, 0.29) is 17.1 Å². The van der Waals surface area contributed by atoms with E-state index in [9.17, 15) is 19.8 Å². The Morgan fingerprint density at radius 3 is 2.03 bits per heavy atom. The highest BCUT2D eigenvalue weighted by molar-refractivity contribution is 6.51. The van der Waals surface area contributed by atoms with Crippen LogP contribution in [0.1, 0.15) is 30.0 Å². The molecule has 0 aromatic heterocycles. The molecule has 5 rings (SSSR count). The normalized spacial score (nSPS) is 19.7. The van der Waals surface area contributed by atoms with Crippen LogP contribution in [0, 0.1) is 0 Å². The molecule has 7 heteroatoms. The quantitative estimate of drug-likeness (QED) is 0.306. The lowest BCUT2D eigenvalue weighted by Gasteiger charge is -2.26. The molecule has 2 aliphatic heterocycles. The number of phenolic OH excluding ortho intramolecular Hbond substituents is 1. The molecule has 3 aromatic carbocycles. The number of carbonyl (C=O) groups is 2. The van der Waals surface area contributed by atoms with Crippen molar-refractivity contribution in [2.75, 3.05) is 22.9 Å². The van der Waals surface area contributed by atoms with Gasteiger partial charge in [0, 0.05) is 35.1 Å². The summed E-state index contributed by atoms with van der Waals surface area (Å²) in [5.74, 6) is -1.70. The van der Waals surface area contributed by atoms with E-state index in [2.05, 4.69) is 4.90 Å². The highest BCUT2D eigenvalue weighted by Crippen LogP contribution is 2.43. The Morgan fingerprint density at radius 1 is 0.824 bits per heavy atom. The van der Waals surface area contributed by atoms with Gasteiger partial charge >= 0.3 is 0 Å². The van der Waals surface area contributed by atoms with Crippen LogP contribution in [-0.2, 0) is 9.59 Å². The number of aromatic hydroxyl groups is 1. The van der Waals surface area contributed by atoms with Gasteiger partial charge in [-0.2, -0.15) is 0 Å². The summed E-state index contributed by atoms with van der Waals surface area (Å²) in [5, 5.41) is 21.4. The summed E-state index contributed by atoms with van der Waals surface area (Å²) in [6.45, 7) is 2.00. The Morgan fingerprint density at radius 2 is 1.41 bits per heavy atom. The van der Waals surface area contributed by atoms with E-state index in [1.54, 1.807) is 36.4 Å². The number of Topliss-reactive ketones (excluding diaryl/α,β-unsaturated/α-hetero) is 1. The van der Waals surface area contributed by atoms with Gasteiger partial charge in [-0.1, -0.05) is 23.7 Å². The summed E-state index contributed by atoms with van der Waals surface area (Å²) in [6.07, 6.45) is 2.31. The zero-order chi connectivity index (χ0) is 23.8. The zero-order valence-electron chi connectivity index (χ0n) is 18.3. The van der Waals surface area contributed by atoms with Crippen molar-refractivity contribution in [1.29, 1.82) is 0 Å². The smallest absolute Gasteiger partial charge is 0.300 e. The van der Waals surface area contributed by atoms with Crippen molar-refractivity contribution in [1.82, 2.24) is 0 Å². The van der Waals surface area contributed by atoms with Gasteiger partial charge < -0.3 is 15.1 Å².